The summed E-state index contributed by atoms with van der Waals surface area (Å²) in [7, 11) is 0. The summed E-state index contributed by atoms with van der Waals surface area (Å²) in [5.74, 6) is 0.510. The molecule has 4 heteroatoms. The number of benzene rings is 3. The second kappa shape index (κ2) is 8.21. The van der Waals surface area contributed by atoms with Gasteiger partial charge in [0.1, 0.15) is 5.75 Å². The van der Waals surface area contributed by atoms with E-state index in [-0.39, 0.29) is 5.91 Å². The van der Waals surface area contributed by atoms with Crippen molar-refractivity contribution in [2.45, 2.75) is 13.8 Å². The van der Waals surface area contributed by atoms with Crippen LogP contribution in [0.2, 0.25) is 0 Å². The number of hydrogen-bond acceptors (Lipinski definition) is 3. The molecule has 1 amide bonds. The highest BCUT2D eigenvalue weighted by molar-refractivity contribution is 6.06. The molecule has 132 valence electrons. The average molecular weight is 346 g/mol. The number of hydrogen-bond donors (Lipinski definition) is 2. The van der Waals surface area contributed by atoms with Crippen LogP contribution in [0.5, 0.6) is 5.75 Å². The first kappa shape index (κ1) is 17.5. The first-order chi connectivity index (χ1) is 12.7. The van der Waals surface area contributed by atoms with Gasteiger partial charge in [-0.3, -0.25) is 4.79 Å². The zero-order chi connectivity index (χ0) is 18.4. The van der Waals surface area contributed by atoms with Crippen molar-refractivity contribution in [1.29, 1.82) is 0 Å². The first-order valence-electron chi connectivity index (χ1n) is 8.62. The van der Waals surface area contributed by atoms with E-state index < -0.39 is 0 Å². The van der Waals surface area contributed by atoms with Crippen LogP contribution in [-0.2, 0) is 0 Å². The molecule has 2 N–H and O–H groups in total. The standard InChI is InChI=1S/C22H22N2O2/c1-3-26-19-8-6-7-17(15-19)22(25)24-21-10-5-4-9-20(21)23-18-13-11-16(2)12-14-18/h4-15,23H,3H2,1-2H3,(H,24,25). The van der Waals surface area contributed by atoms with Gasteiger partial charge in [0.05, 0.1) is 18.0 Å². The second-order valence-electron chi connectivity index (χ2n) is 5.95. The Labute approximate surface area is 153 Å². The van der Waals surface area contributed by atoms with Gasteiger partial charge in [-0.2, -0.15) is 0 Å². The van der Waals surface area contributed by atoms with Gasteiger partial charge in [-0.25, -0.2) is 0 Å². The lowest BCUT2D eigenvalue weighted by atomic mass is 10.1. The van der Waals surface area contributed by atoms with Crippen molar-refractivity contribution in [2.24, 2.45) is 0 Å². The Bertz CT molecular complexity index is 889. The van der Waals surface area contributed by atoms with Crippen molar-refractivity contribution in [3.8, 4) is 5.75 Å². The lowest BCUT2D eigenvalue weighted by Crippen LogP contribution is -2.13. The number of aryl methyl sites for hydroxylation is 1. The predicted octanol–water partition coefficient (Wildman–Crippen LogP) is 5.39. The summed E-state index contributed by atoms with van der Waals surface area (Å²) in [6.45, 7) is 4.53. The van der Waals surface area contributed by atoms with E-state index in [1.54, 1.807) is 12.1 Å². The van der Waals surface area contributed by atoms with Gasteiger partial charge in [-0.15, -0.1) is 0 Å². The molecule has 3 aromatic rings. The van der Waals surface area contributed by atoms with E-state index in [0.29, 0.717) is 17.9 Å². The summed E-state index contributed by atoms with van der Waals surface area (Å²) >= 11 is 0. The number of nitrogens with one attached hydrogen (secondary N) is 2. The van der Waals surface area contributed by atoms with Crippen LogP contribution in [0.4, 0.5) is 17.1 Å². The smallest absolute Gasteiger partial charge is 0.255 e. The van der Waals surface area contributed by atoms with Crippen LogP contribution in [-0.4, -0.2) is 12.5 Å². The fourth-order valence-electron chi connectivity index (χ4n) is 2.58. The molecule has 0 radical (unpaired) electrons. The zero-order valence-corrected chi connectivity index (χ0v) is 15.0. The highest BCUT2D eigenvalue weighted by atomic mass is 16.5. The second-order valence-corrected chi connectivity index (χ2v) is 5.95. The average Bonchev–Trinajstić information content (AvgIpc) is 2.66. The minimum Gasteiger partial charge on any atom is -0.494 e. The van der Waals surface area contributed by atoms with Crippen LogP contribution in [0, 0.1) is 6.92 Å². The number of rotatable bonds is 6. The number of carbonyl (C=O) groups excluding carboxylic acids is 1. The molecular weight excluding hydrogens is 324 g/mol. The van der Waals surface area contributed by atoms with Gasteiger partial charge in [-0.05, 0) is 56.3 Å². The van der Waals surface area contributed by atoms with Gasteiger partial charge in [0.25, 0.3) is 5.91 Å². The Balaban J connectivity index is 1.78. The van der Waals surface area contributed by atoms with Crippen molar-refractivity contribution in [2.75, 3.05) is 17.2 Å². The summed E-state index contributed by atoms with van der Waals surface area (Å²) in [4.78, 5) is 12.6. The normalized spacial score (nSPS) is 10.2. The Kier molecular flexibility index (Phi) is 5.54. The third kappa shape index (κ3) is 4.42. The SMILES string of the molecule is CCOc1cccc(C(=O)Nc2ccccc2Nc2ccc(C)cc2)c1. The van der Waals surface area contributed by atoms with E-state index in [9.17, 15) is 4.79 Å². The molecule has 0 aliphatic rings. The van der Waals surface area contributed by atoms with Gasteiger partial charge >= 0.3 is 0 Å². The lowest BCUT2D eigenvalue weighted by molar-refractivity contribution is 0.102. The van der Waals surface area contributed by atoms with Crippen LogP contribution < -0.4 is 15.4 Å². The lowest BCUT2D eigenvalue weighted by Gasteiger charge is -2.14. The minimum atomic E-state index is -0.176. The van der Waals surface area contributed by atoms with Crippen molar-refractivity contribution in [3.05, 3.63) is 83.9 Å². The molecular formula is C22H22N2O2. The topological polar surface area (TPSA) is 50.4 Å². The molecule has 0 aliphatic carbocycles. The molecule has 0 saturated carbocycles. The molecule has 0 unspecified atom stereocenters. The monoisotopic (exact) mass is 346 g/mol. The van der Waals surface area contributed by atoms with E-state index in [0.717, 1.165) is 17.1 Å². The molecule has 0 atom stereocenters. The van der Waals surface area contributed by atoms with Crippen molar-refractivity contribution in [3.63, 3.8) is 0 Å². The molecule has 26 heavy (non-hydrogen) atoms. The molecule has 0 bridgehead atoms. The number of amides is 1. The number of ether oxygens (including phenoxy) is 1. The summed E-state index contributed by atoms with van der Waals surface area (Å²) in [6, 6.07) is 22.9. The third-order valence-electron chi connectivity index (χ3n) is 3.91. The predicted molar refractivity (Wildman–Crippen MR) is 106 cm³/mol. The summed E-state index contributed by atoms with van der Waals surface area (Å²) in [5.41, 5.74) is 4.29. The van der Waals surface area contributed by atoms with Gasteiger partial charge in [-0.1, -0.05) is 35.9 Å². The van der Waals surface area contributed by atoms with Gasteiger partial charge < -0.3 is 15.4 Å². The molecule has 0 saturated heterocycles. The molecule has 0 aromatic heterocycles. The van der Waals surface area contributed by atoms with E-state index >= 15 is 0 Å². The molecule has 3 rings (SSSR count). The summed E-state index contributed by atoms with van der Waals surface area (Å²) in [6.07, 6.45) is 0. The summed E-state index contributed by atoms with van der Waals surface area (Å²) < 4.78 is 5.47. The molecule has 0 fully saturated rings. The highest BCUT2D eigenvalue weighted by Crippen LogP contribution is 2.26. The maximum absolute atomic E-state index is 12.6. The Morgan fingerprint density at radius 2 is 1.65 bits per heavy atom. The quantitative estimate of drug-likeness (QED) is 0.629. The van der Waals surface area contributed by atoms with Crippen LogP contribution in [0.1, 0.15) is 22.8 Å². The highest BCUT2D eigenvalue weighted by Gasteiger charge is 2.10. The number of anilines is 3. The van der Waals surface area contributed by atoms with Gasteiger partial charge in [0.15, 0.2) is 0 Å². The molecule has 4 nitrogen and oxygen atoms in total. The van der Waals surface area contributed by atoms with Crippen molar-refractivity contribution in [1.82, 2.24) is 0 Å². The molecule has 3 aromatic carbocycles. The fourth-order valence-corrected chi connectivity index (χ4v) is 2.58. The number of carbonyl (C=O) groups is 1. The van der Waals surface area contributed by atoms with Crippen molar-refractivity contribution >= 4 is 23.0 Å². The molecule has 0 heterocycles. The van der Waals surface area contributed by atoms with Gasteiger partial charge in [0.2, 0.25) is 0 Å². The third-order valence-corrected chi connectivity index (χ3v) is 3.91. The van der Waals surface area contributed by atoms with E-state index in [1.807, 2.05) is 74.5 Å². The largest absolute Gasteiger partial charge is 0.494 e. The van der Waals surface area contributed by atoms with E-state index in [1.165, 1.54) is 5.56 Å². The van der Waals surface area contributed by atoms with Gasteiger partial charge in [0, 0.05) is 11.3 Å². The minimum absolute atomic E-state index is 0.176. The molecule has 0 aliphatic heterocycles. The van der Waals surface area contributed by atoms with Crippen LogP contribution in [0.25, 0.3) is 0 Å². The van der Waals surface area contributed by atoms with E-state index in [2.05, 4.69) is 10.6 Å². The maximum atomic E-state index is 12.6. The Morgan fingerprint density at radius 1 is 0.923 bits per heavy atom. The van der Waals surface area contributed by atoms with E-state index in [4.69, 9.17) is 4.74 Å². The first-order valence-corrected chi connectivity index (χ1v) is 8.62. The maximum Gasteiger partial charge on any atom is 0.255 e. The fraction of sp³-hybridized carbons (Fsp3) is 0.136. The zero-order valence-electron chi connectivity index (χ0n) is 15.0. The van der Waals surface area contributed by atoms with Crippen molar-refractivity contribution < 1.29 is 9.53 Å². The van der Waals surface area contributed by atoms with Crippen LogP contribution in [0.3, 0.4) is 0 Å². The Hall–Kier alpha value is -3.27. The van der Waals surface area contributed by atoms with Crippen LogP contribution >= 0.6 is 0 Å². The number of para-hydroxylation sites is 2. The summed E-state index contributed by atoms with van der Waals surface area (Å²) in [5, 5.41) is 6.32. The van der Waals surface area contributed by atoms with Crippen LogP contribution in [0.15, 0.2) is 72.8 Å². The molecule has 0 spiro atoms. The Morgan fingerprint density at radius 3 is 2.38 bits per heavy atom.